The number of nitrogens with one attached hydrogen (secondary N) is 3. The van der Waals surface area contributed by atoms with Crippen LogP contribution in [0, 0.1) is 0 Å². The van der Waals surface area contributed by atoms with Crippen molar-refractivity contribution in [1.29, 1.82) is 0 Å². The first-order valence-electron chi connectivity index (χ1n) is 6.40. The number of fused-ring (bicyclic) bond motifs is 1. The first kappa shape index (κ1) is 13.9. The van der Waals surface area contributed by atoms with Crippen molar-refractivity contribution < 1.29 is 4.79 Å². The number of rotatable bonds is 5. The van der Waals surface area contributed by atoms with E-state index in [0.29, 0.717) is 23.1 Å². The number of hydrogen-bond acceptors (Lipinski definition) is 5. The molecule has 0 atom stereocenters. The van der Waals surface area contributed by atoms with Gasteiger partial charge in [0, 0.05) is 12.2 Å². The summed E-state index contributed by atoms with van der Waals surface area (Å²) < 4.78 is 0. The molecule has 106 valence electrons. The van der Waals surface area contributed by atoms with Gasteiger partial charge in [0.15, 0.2) is 0 Å². The maximum atomic E-state index is 11.9. The first-order valence-corrected chi connectivity index (χ1v) is 6.40. The van der Waals surface area contributed by atoms with E-state index in [-0.39, 0.29) is 24.0 Å². The lowest BCUT2D eigenvalue weighted by atomic mass is 10.2. The molecule has 7 nitrogen and oxygen atoms in total. The molecule has 2 rings (SSSR count). The molecule has 0 aliphatic carbocycles. The highest BCUT2D eigenvalue weighted by molar-refractivity contribution is 5.83. The van der Waals surface area contributed by atoms with Gasteiger partial charge in [0.25, 0.3) is 5.56 Å². The molecule has 0 saturated heterocycles. The number of nitrogen functional groups attached to an aromatic ring is 1. The fourth-order valence-corrected chi connectivity index (χ4v) is 1.73. The minimum atomic E-state index is -0.293. The summed E-state index contributed by atoms with van der Waals surface area (Å²) in [5.74, 6) is 0.117. The van der Waals surface area contributed by atoms with Crippen LogP contribution >= 0.6 is 0 Å². The summed E-state index contributed by atoms with van der Waals surface area (Å²) in [5, 5.41) is 5.94. The molecular formula is C13H17N5O2. The fourth-order valence-electron chi connectivity index (χ4n) is 1.73. The van der Waals surface area contributed by atoms with Crippen molar-refractivity contribution in [3.63, 3.8) is 0 Å². The monoisotopic (exact) mass is 275 g/mol. The minimum Gasteiger partial charge on any atom is -0.399 e. The number of aromatic amines is 1. The van der Waals surface area contributed by atoms with Gasteiger partial charge < -0.3 is 16.4 Å². The van der Waals surface area contributed by atoms with Crippen LogP contribution in [-0.2, 0) is 4.79 Å². The molecule has 1 aromatic carbocycles. The van der Waals surface area contributed by atoms with E-state index in [1.165, 1.54) is 0 Å². The third-order valence-electron chi connectivity index (χ3n) is 2.72. The second-order valence-electron chi connectivity index (χ2n) is 4.39. The minimum absolute atomic E-state index is 0.0589. The Morgan fingerprint density at radius 1 is 1.45 bits per heavy atom. The van der Waals surface area contributed by atoms with E-state index in [1.54, 1.807) is 18.2 Å². The number of hydrogen-bond donors (Lipinski definition) is 4. The molecule has 2 aromatic rings. The summed E-state index contributed by atoms with van der Waals surface area (Å²) in [5.41, 5.74) is 6.37. The average Bonchev–Trinajstić information content (AvgIpc) is 2.43. The van der Waals surface area contributed by atoms with Crippen LogP contribution in [0.25, 0.3) is 10.9 Å². The maximum absolute atomic E-state index is 11.9. The molecule has 0 radical (unpaired) electrons. The summed E-state index contributed by atoms with van der Waals surface area (Å²) in [4.78, 5) is 30.1. The lowest BCUT2D eigenvalue weighted by Gasteiger charge is -2.07. The van der Waals surface area contributed by atoms with Crippen molar-refractivity contribution in [3.8, 4) is 0 Å². The van der Waals surface area contributed by atoms with Crippen molar-refractivity contribution in [1.82, 2.24) is 15.3 Å². The molecule has 20 heavy (non-hydrogen) atoms. The summed E-state index contributed by atoms with van der Waals surface area (Å²) in [7, 11) is 0. The number of benzene rings is 1. The Balaban J connectivity index is 2.14. The highest BCUT2D eigenvalue weighted by Crippen LogP contribution is 2.12. The third kappa shape index (κ3) is 3.25. The van der Waals surface area contributed by atoms with Crippen LogP contribution in [-0.4, -0.2) is 29.0 Å². The lowest BCUT2D eigenvalue weighted by Crippen LogP contribution is -2.31. The van der Waals surface area contributed by atoms with Crippen LogP contribution in [0.5, 0.6) is 0 Å². The summed E-state index contributed by atoms with van der Waals surface area (Å²) in [6.07, 6.45) is 0.873. The molecule has 1 aromatic heterocycles. The van der Waals surface area contributed by atoms with E-state index >= 15 is 0 Å². The Hall–Kier alpha value is -2.57. The zero-order valence-corrected chi connectivity index (χ0v) is 11.2. The Kier molecular flexibility index (Phi) is 4.19. The largest absolute Gasteiger partial charge is 0.399 e. The van der Waals surface area contributed by atoms with Gasteiger partial charge in [-0.1, -0.05) is 6.92 Å². The number of nitrogens with two attached hydrogens (primary N) is 1. The van der Waals surface area contributed by atoms with Crippen LogP contribution in [0.4, 0.5) is 11.6 Å². The number of anilines is 2. The number of carbonyl (C=O) groups is 1. The van der Waals surface area contributed by atoms with Crippen LogP contribution in [0.2, 0.25) is 0 Å². The fraction of sp³-hybridized carbons (Fsp3) is 0.308. The second kappa shape index (κ2) is 6.05. The molecule has 1 amide bonds. The number of amides is 1. The highest BCUT2D eigenvalue weighted by Gasteiger charge is 2.05. The van der Waals surface area contributed by atoms with Gasteiger partial charge in [0.1, 0.15) is 0 Å². The number of H-pyrrole nitrogens is 1. The van der Waals surface area contributed by atoms with Crippen LogP contribution < -0.4 is 21.9 Å². The molecule has 0 aliphatic heterocycles. The van der Waals surface area contributed by atoms with Crippen molar-refractivity contribution in [2.24, 2.45) is 0 Å². The van der Waals surface area contributed by atoms with Crippen molar-refractivity contribution in [3.05, 3.63) is 28.6 Å². The molecule has 0 unspecified atom stereocenters. The van der Waals surface area contributed by atoms with Crippen LogP contribution in [0.15, 0.2) is 23.0 Å². The summed E-state index contributed by atoms with van der Waals surface area (Å²) in [6, 6.07) is 4.91. The number of aromatic nitrogens is 2. The normalized spacial score (nSPS) is 10.4. The van der Waals surface area contributed by atoms with Gasteiger partial charge in [0.2, 0.25) is 11.9 Å². The molecule has 0 saturated carbocycles. The zero-order chi connectivity index (χ0) is 14.5. The van der Waals surface area contributed by atoms with Gasteiger partial charge in [-0.2, -0.15) is 0 Å². The summed E-state index contributed by atoms with van der Waals surface area (Å²) in [6.45, 7) is 2.66. The standard InChI is InChI=1S/C13H17N5O2/c1-2-5-15-11(19)7-16-13-17-10-4-3-8(14)6-9(10)12(20)18-13/h3-4,6H,2,5,7,14H2,1H3,(H,15,19)(H2,16,17,18,20). The Morgan fingerprint density at radius 2 is 2.25 bits per heavy atom. The average molecular weight is 275 g/mol. The molecule has 7 heteroatoms. The van der Waals surface area contributed by atoms with E-state index in [1.807, 2.05) is 6.92 Å². The van der Waals surface area contributed by atoms with Crippen LogP contribution in [0.1, 0.15) is 13.3 Å². The first-order chi connectivity index (χ1) is 9.60. The van der Waals surface area contributed by atoms with Crippen LogP contribution in [0.3, 0.4) is 0 Å². The van der Waals surface area contributed by atoms with Gasteiger partial charge >= 0.3 is 0 Å². The molecule has 1 heterocycles. The van der Waals surface area contributed by atoms with Gasteiger partial charge in [-0.25, -0.2) is 4.98 Å². The molecule has 0 fully saturated rings. The van der Waals surface area contributed by atoms with Gasteiger partial charge in [0.05, 0.1) is 17.4 Å². The molecule has 0 bridgehead atoms. The van der Waals surface area contributed by atoms with Crippen molar-refractivity contribution in [2.45, 2.75) is 13.3 Å². The van der Waals surface area contributed by atoms with E-state index in [0.717, 1.165) is 6.42 Å². The smallest absolute Gasteiger partial charge is 0.260 e. The SMILES string of the molecule is CCCNC(=O)CNc1nc2ccc(N)cc2c(=O)[nH]1. The van der Waals surface area contributed by atoms with Gasteiger partial charge in [-0.05, 0) is 24.6 Å². The predicted molar refractivity (Wildman–Crippen MR) is 78.6 cm³/mol. The number of nitrogens with zero attached hydrogens (tertiary/aromatic N) is 1. The molecule has 5 N–H and O–H groups in total. The molecule has 0 spiro atoms. The summed E-state index contributed by atoms with van der Waals surface area (Å²) >= 11 is 0. The van der Waals surface area contributed by atoms with Gasteiger partial charge in [-0.15, -0.1) is 0 Å². The molecule has 0 aliphatic rings. The number of carbonyl (C=O) groups excluding carboxylic acids is 1. The second-order valence-corrected chi connectivity index (χ2v) is 4.39. The maximum Gasteiger partial charge on any atom is 0.260 e. The Morgan fingerprint density at radius 3 is 3.00 bits per heavy atom. The van der Waals surface area contributed by atoms with Crippen molar-refractivity contribution >= 4 is 28.4 Å². The lowest BCUT2D eigenvalue weighted by molar-refractivity contribution is -0.119. The highest BCUT2D eigenvalue weighted by atomic mass is 16.2. The topological polar surface area (TPSA) is 113 Å². The van der Waals surface area contributed by atoms with E-state index in [9.17, 15) is 9.59 Å². The quantitative estimate of drug-likeness (QED) is 0.591. The molecular weight excluding hydrogens is 258 g/mol. The Labute approximate surface area is 115 Å². The Bertz CT molecular complexity index is 680. The predicted octanol–water partition coefficient (Wildman–Crippen LogP) is 0.443. The zero-order valence-electron chi connectivity index (χ0n) is 11.2. The van der Waals surface area contributed by atoms with E-state index in [4.69, 9.17) is 5.73 Å². The van der Waals surface area contributed by atoms with Crippen molar-refractivity contribution in [2.75, 3.05) is 24.1 Å². The van der Waals surface area contributed by atoms with Gasteiger partial charge in [-0.3, -0.25) is 14.6 Å². The third-order valence-corrected chi connectivity index (χ3v) is 2.72. The van der Waals surface area contributed by atoms with E-state index in [2.05, 4.69) is 20.6 Å². The van der Waals surface area contributed by atoms with E-state index < -0.39 is 0 Å².